The molecule has 0 bridgehead atoms. The van der Waals surface area contributed by atoms with Crippen LogP contribution in [0.4, 0.5) is 5.69 Å². The maximum atomic E-state index is 12.6. The van der Waals surface area contributed by atoms with Gasteiger partial charge < -0.3 is 9.84 Å². The first-order valence-corrected chi connectivity index (χ1v) is 9.56. The van der Waals surface area contributed by atoms with E-state index in [2.05, 4.69) is 11.9 Å². The Morgan fingerprint density at radius 1 is 1.36 bits per heavy atom. The number of rotatable bonds is 8. The van der Waals surface area contributed by atoms with E-state index in [1.807, 2.05) is 6.07 Å². The first-order chi connectivity index (χ1) is 13.4. The predicted octanol–water partition coefficient (Wildman–Crippen LogP) is 4.73. The lowest BCUT2D eigenvalue weighted by Crippen LogP contribution is -2.25. The smallest absolute Gasteiger partial charge is 0.271 e. The zero-order valence-electron chi connectivity index (χ0n) is 16.3. The summed E-state index contributed by atoms with van der Waals surface area (Å²) in [5.74, 6) is 0.355. The number of ether oxygens (including phenoxy) is 1. The third kappa shape index (κ3) is 4.73. The van der Waals surface area contributed by atoms with Crippen molar-refractivity contribution in [2.75, 3.05) is 7.11 Å². The molecule has 2 aromatic rings. The van der Waals surface area contributed by atoms with Crippen molar-refractivity contribution < 1.29 is 9.84 Å². The van der Waals surface area contributed by atoms with E-state index in [1.165, 1.54) is 17.9 Å². The summed E-state index contributed by atoms with van der Waals surface area (Å²) in [5.41, 5.74) is 0.849. The monoisotopic (exact) mass is 401 g/mol. The SMILES string of the molecule is CCCCCCn1c(O)c(C=Nc2ccc(OC)c(Cl)c2)c(C)c(C#N)c1=O. The largest absolute Gasteiger partial charge is 0.495 e. The van der Waals surface area contributed by atoms with Crippen LogP contribution < -0.4 is 10.3 Å². The first kappa shape index (κ1) is 21.5. The molecule has 6 nitrogen and oxygen atoms in total. The molecule has 0 atom stereocenters. The molecule has 0 saturated carbocycles. The van der Waals surface area contributed by atoms with Gasteiger partial charge in [-0.05, 0) is 37.1 Å². The lowest BCUT2D eigenvalue weighted by molar-refractivity contribution is 0.397. The number of unbranched alkanes of at least 4 members (excludes halogenated alkanes) is 3. The fourth-order valence-corrected chi connectivity index (χ4v) is 3.16. The normalized spacial score (nSPS) is 11.0. The number of nitriles is 1. The van der Waals surface area contributed by atoms with Gasteiger partial charge >= 0.3 is 0 Å². The molecule has 28 heavy (non-hydrogen) atoms. The number of hydrogen-bond acceptors (Lipinski definition) is 5. The number of methoxy groups -OCH3 is 1. The summed E-state index contributed by atoms with van der Waals surface area (Å²) in [6, 6.07) is 7.00. The fraction of sp³-hybridized carbons (Fsp3) is 0.381. The molecule has 0 fully saturated rings. The van der Waals surface area contributed by atoms with Gasteiger partial charge in [-0.25, -0.2) is 0 Å². The Bertz CT molecular complexity index is 974. The summed E-state index contributed by atoms with van der Waals surface area (Å²) in [6.45, 7) is 4.08. The summed E-state index contributed by atoms with van der Waals surface area (Å²) in [5, 5.41) is 20.5. The van der Waals surface area contributed by atoms with Crippen molar-refractivity contribution in [1.29, 1.82) is 5.26 Å². The van der Waals surface area contributed by atoms with E-state index < -0.39 is 5.56 Å². The third-order valence-electron chi connectivity index (χ3n) is 4.56. The molecule has 0 radical (unpaired) electrons. The van der Waals surface area contributed by atoms with Crippen molar-refractivity contribution >= 4 is 23.5 Å². The predicted molar refractivity (Wildman–Crippen MR) is 111 cm³/mol. The van der Waals surface area contributed by atoms with E-state index in [4.69, 9.17) is 16.3 Å². The number of halogens is 1. The summed E-state index contributed by atoms with van der Waals surface area (Å²) in [4.78, 5) is 16.9. The molecule has 0 aliphatic rings. The van der Waals surface area contributed by atoms with Gasteiger partial charge in [-0.3, -0.25) is 14.4 Å². The topological polar surface area (TPSA) is 87.6 Å². The first-order valence-electron chi connectivity index (χ1n) is 9.18. The summed E-state index contributed by atoms with van der Waals surface area (Å²) in [6.07, 6.45) is 5.27. The molecule has 1 N–H and O–H groups in total. The van der Waals surface area contributed by atoms with Gasteiger partial charge in [0.05, 0.1) is 23.4 Å². The zero-order valence-corrected chi connectivity index (χ0v) is 17.1. The molecule has 0 saturated heterocycles. The van der Waals surface area contributed by atoms with E-state index in [0.717, 1.165) is 25.7 Å². The molecule has 1 heterocycles. The Kier molecular flexibility index (Phi) is 7.65. The average molecular weight is 402 g/mol. The van der Waals surface area contributed by atoms with Gasteiger partial charge in [-0.1, -0.05) is 37.8 Å². The number of benzene rings is 1. The van der Waals surface area contributed by atoms with E-state index >= 15 is 0 Å². The quantitative estimate of drug-likeness (QED) is 0.511. The number of hydrogen-bond donors (Lipinski definition) is 1. The summed E-state index contributed by atoms with van der Waals surface area (Å²) < 4.78 is 6.37. The van der Waals surface area contributed by atoms with Crippen molar-refractivity contribution in [2.45, 2.75) is 46.1 Å². The van der Waals surface area contributed by atoms with Crippen LogP contribution in [0.5, 0.6) is 11.6 Å². The number of aliphatic imine (C=N–C) groups is 1. The number of aromatic hydroxyl groups is 1. The van der Waals surface area contributed by atoms with Gasteiger partial charge in [0, 0.05) is 12.8 Å². The summed E-state index contributed by atoms with van der Waals surface area (Å²) in [7, 11) is 1.53. The highest BCUT2D eigenvalue weighted by molar-refractivity contribution is 6.32. The number of pyridine rings is 1. The Labute approximate surface area is 169 Å². The number of aromatic nitrogens is 1. The van der Waals surface area contributed by atoms with Crippen molar-refractivity contribution in [3.8, 4) is 17.7 Å². The standard InChI is InChI=1S/C21H24ClN3O3/c1-4-5-6-7-10-25-20(26)16(12-23)14(2)17(21(25)27)13-24-15-8-9-19(28-3)18(22)11-15/h8-9,11,13,27H,4-7,10H2,1-3H3. The lowest BCUT2D eigenvalue weighted by atomic mass is 10.1. The Morgan fingerprint density at radius 3 is 2.71 bits per heavy atom. The summed E-state index contributed by atoms with van der Waals surface area (Å²) >= 11 is 6.11. The van der Waals surface area contributed by atoms with Crippen LogP contribution in [0, 0.1) is 18.3 Å². The van der Waals surface area contributed by atoms with E-state index in [-0.39, 0.29) is 11.4 Å². The Morgan fingerprint density at radius 2 is 2.11 bits per heavy atom. The second-order valence-electron chi connectivity index (χ2n) is 6.44. The minimum absolute atomic E-state index is 0.0162. The molecule has 0 amide bonds. The van der Waals surface area contributed by atoms with Crippen LogP contribution in [0.15, 0.2) is 28.0 Å². The molecular weight excluding hydrogens is 378 g/mol. The molecular formula is C21H24ClN3O3. The van der Waals surface area contributed by atoms with Crippen LogP contribution in [0.3, 0.4) is 0 Å². The molecule has 0 aliphatic carbocycles. The maximum Gasteiger partial charge on any atom is 0.271 e. The van der Waals surface area contributed by atoms with Crippen LogP contribution >= 0.6 is 11.6 Å². The van der Waals surface area contributed by atoms with Crippen molar-refractivity contribution in [3.63, 3.8) is 0 Å². The van der Waals surface area contributed by atoms with Crippen LogP contribution in [-0.4, -0.2) is 23.0 Å². The molecule has 0 aliphatic heterocycles. The van der Waals surface area contributed by atoms with E-state index in [1.54, 1.807) is 25.1 Å². The fourth-order valence-electron chi connectivity index (χ4n) is 2.90. The minimum atomic E-state index is -0.473. The van der Waals surface area contributed by atoms with Crippen molar-refractivity contribution in [3.05, 3.63) is 50.3 Å². The van der Waals surface area contributed by atoms with Crippen LogP contribution in [0.2, 0.25) is 5.02 Å². The van der Waals surface area contributed by atoms with Gasteiger partial charge in [0.15, 0.2) is 0 Å². The van der Waals surface area contributed by atoms with Gasteiger partial charge in [0.1, 0.15) is 17.4 Å². The highest BCUT2D eigenvalue weighted by Gasteiger charge is 2.17. The molecule has 0 unspecified atom stereocenters. The molecule has 2 rings (SSSR count). The van der Waals surface area contributed by atoms with E-state index in [9.17, 15) is 15.2 Å². The van der Waals surface area contributed by atoms with Crippen molar-refractivity contribution in [1.82, 2.24) is 4.57 Å². The number of nitrogens with zero attached hydrogens (tertiary/aromatic N) is 3. The minimum Gasteiger partial charge on any atom is -0.495 e. The van der Waals surface area contributed by atoms with Gasteiger partial charge in [-0.2, -0.15) is 5.26 Å². The average Bonchev–Trinajstić information content (AvgIpc) is 2.67. The Hall–Kier alpha value is -2.78. The van der Waals surface area contributed by atoms with E-state index in [0.29, 0.717) is 34.1 Å². The maximum absolute atomic E-state index is 12.6. The highest BCUT2D eigenvalue weighted by Crippen LogP contribution is 2.29. The van der Waals surface area contributed by atoms with Crippen LogP contribution in [0.1, 0.15) is 49.3 Å². The van der Waals surface area contributed by atoms with Crippen LogP contribution in [-0.2, 0) is 6.54 Å². The van der Waals surface area contributed by atoms with Crippen LogP contribution in [0.25, 0.3) is 0 Å². The molecule has 1 aromatic heterocycles. The molecule has 1 aromatic carbocycles. The van der Waals surface area contributed by atoms with Gasteiger partial charge in [0.2, 0.25) is 5.88 Å². The second kappa shape index (κ2) is 9.95. The Balaban J connectivity index is 2.44. The zero-order chi connectivity index (χ0) is 20.7. The highest BCUT2D eigenvalue weighted by atomic mass is 35.5. The third-order valence-corrected chi connectivity index (χ3v) is 4.86. The second-order valence-corrected chi connectivity index (χ2v) is 6.85. The molecule has 0 spiro atoms. The van der Waals surface area contributed by atoms with Gasteiger partial charge in [-0.15, -0.1) is 0 Å². The van der Waals surface area contributed by atoms with Crippen molar-refractivity contribution in [2.24, 2.45) is 4.99 Å². The molecule has 148 valence electrons. The van der Waals surface area contributed by atoms with Gasteiger partial charge in [0.25, 0.3) is 5.56 Å². The lowest BCUT2D eigenvalue weighted by Gasteiger charge is -2.14. The molecule has 7 heteroatoms.